The molecule has 2 aromatic heterocycles. The van der Waals surface area contributed by atoms with E-state index in [2.05, 4.69) is 20.1 Å². The van der Waals surface area contributed by atoms with Gasteiger partial charge < -0.3 is 4.98 Å². The highest BCUT2D eigenvalue weighted by atomic mass is 35.5. The number of aliphatic imine (C=N–C) groups is 1. The molecular formula is C20H16ClN5O2S. The number of aromatic nitrogens is 2. The number of H-pyrrole nitrogens is 1. The molecule has 7 nitrogen and oxygen atoms in total. The Kier molecular flexibility index (Phi) is 3.91. The largest absolute Gasteiger partial charge is 0.345 e. The number of hydrogen-bond donors (Lipinski definition) is 1. The molecule has 2 unspecified atom stereocenters. The fraction of sp³-hybridized carbons (Fsp3) is 0.150. The first-order valence-corrected chi connectivity index (χ1v) is 10.8. The quantitative estimate of drug-likeness (QED) is 0.691. The molecule has 0 spiro atoms. The number of nitrogens with zero attached hydrogens (tertiary/aromatic N) is 4. The average molecular weight is 426 g/mol. The van der Waals surface area contributed by atoms with Gasteiger partial charge in [0.1, 0.15) is 10.5 Å². The number of rotatable bonds is 3. The number of nitrogens with one attached hydrogen (secondary N) is 1. The third-order valence-electron chi connectivity index (χ3n) is 5.25. The molecule has 2 aliphatic rings. The van der Waals surface area contributed by atoms with E-state index in [0.29, 0.717) is 16.1 Å². The van der Waals surface area contributed by atoms with E-state index in [4.69, 9.17) is 11.6 Å². The lowest BCUT2D eigenvalue weighted by molar-refractivity contribution is 0.225. The number of allylic oxidation sites excluding steroid dienone is 1. The Morgan fingerprint density at radius 3 is 2.93 bits per heavy atom. The van der Waals surface area contributed by atoms with Crippen LogP contribution in [0.25, 0.3) is 22.2 Å². The molecule has 9 heteroatoms. The fourth-order valence-corrected chi connectivity index (χ4v) is 5.52. The summed E-state index contributed by atoms with van der Waals surface area (Å²) < 4.78 is 28.1. The summed E-state index contributed by atoms with van der Waals surface area (Å²) in [5, 5.41) is 5.26. The van der Waals surface area contributed by atoms with E-state index in [0.717, 1.165) is 15.5 Å². The summed E-state index contributed by atoms with van der Waals surface area (Å²) in [6.45, 7) is 1.76. The monoisotopic (exact) mass is 425 g/mol. The van der Waals surface area contributed by atoms with Crippen molar-refractivity contribution in [3.63, 3.8) is 0 Å². The van der Waals surface area contributed by atoms with Crippen LogP contribution in [-0.4, -0.2) is 40.9 Å². The van der Waals surface area contributed by atoms with E-state index in [9.17, 15) is 8.42 Å². The van der Waals surface area contributed by atoms with E-state index >= 15 is 0 Å². The summed E-state index contributed by atoms with van der Waals surface area (Å²) in [6.07, 6.45) is 10.0. The van der Waals surface area contributed by atoms with Crippen LogP contribution in [0.1, 0.15) is 6.92 Å². The van der Waals surface area contributed by atoms with Crippen molar-refractivity contribution in [3.8, 4) is 11.1 Å². The number of halogens is 1. The van der Waals surface area contributed by atoms with Gasteiger partial charge in [0.15, 0.2) is 5.66 Å². The molecule has 2 atom stereocenters. The Labute approximate surface area is 172 Å². The molecule has 29 heavy (non-hydrogen) atoms. The van der Waals surface area contributed by atoms with Crippen molar-refractivity contribution in [3.05, 3.63) is 59.9 Å². The summed E-state index contributed by atoms with van der Waals surface area (Å²) in [6, 6.07) is 9.12. The van der Waals surface area contributed by atoms with Crippen LogP contribution >= 0.6 is 11.6 Å². The lowest BCUT2D eigenvalue weighted by Crippen LogP contribution is -2.46. The van der Waals surface area contributed by atoms with Gasteiger partial charge in [-0.25, -0.2) is 4.98 Å². The van der Waals surface area contributed by atoms with Gasteiger partial charge in [-0.15, -0.1) is 0 Å². The standard InChI is InChI=1S/C20H16ClN5O2S/c1-20-15(5-3-7-24-20)11-25-26(20)29(27,28)18-12-23-19-17(18)9-14(10-22-19)13-4-2-6-16(21)8-13/h2-12,15H,1H3,(H,22,23). The number of pyridine rings is 1. The first-order valence-electron chi connectivity index (χ1n) is 8.94. The average Bonchev–Trinajstić information content (AvgIpc) is 3.28. The Morgan fingerprint density at radius 2 is 2.10 bits per heavy atom. The number of hydrogen-bond acceptors (Lipinski definition) is 5. The van der Waals surface area contributed by atoms with Gasteiger partial charge in [-0.2, -0.15) is 17.9 Å². The molecule has 4 heterocycles. The van der Waals surface area contributed by atoms with Crippen molar-refractivity contribution in [1.29, 1.82) is 0 Å². The van der Waals surface area contributed by atoms with E-state index in [-0.39, 0.29) is 10.8 Å². The number of sulfonamides is 1. The van der Waals surface area contributed by atoms with Gasteiger partial charge in [0, 0.05) is 40.8 Å². The molecule has 0 radical (unpaired) electrons. The maximum atomic E-state index is 13.5. The van der Waals surface area contributed by atoms with Crippen molar-refractivity contribution in [2.75, 3.05) is 0 Å². The summed E-state index contributed by atoms with van der Waals surface area (Å²) in [5.74, 6) is -0.215. The highest BCUT2D eigenvalue weighted by molar-refractivity contribution is 7.89. The Bertz CT molecular complexity index is 1330. The fourth-order valence-electron chi connectivity index (χ4n) is 3.67. The van der Waals surface area contributed by atoms with Crippen molar-refractivity contribution in [1.82, 2.24) is 14.4 Å². The minimum atomic E-state index is -3.97. The second-order valence-corrected chi connectivity index (χ2v) is 9.25. The van der Waals surface area contributed by atoms with Gasteiger partial charge in [-0.05, 0) is 36.8 Å². The molecule has 146 valence electrons. The topological polar surface area (TPSA) is 90.8 Å². The zero-order chi connectivity index (χ0) is 20.2. The van der Waals surface area contributed by atoms with Crippen molar-refractivity contribution >= 4 is 45.1 Å². The molecule has 0 aliphatic carbocycles. The third kappa shape index (κ3) is 2.71. The third-order valence-corrected chi connectivity index (χ3v) is 7.30. The maximum absolute atomic E-state index is 13.5. The Hall–Kier alpha value is -2.97. The lowest BCUT2D eigenvalue weighted by Gasteiger charge is -2.33. The molecule has 0 saturated heterocycles. The lowest BCUT2D eigenvalue weighted by atomic mass is 9.95. The van der Waals surface area contributed by atoms with Crippen LogP contribution in [0.4, 0.5) is 0 Å². The normalized spacial score (nSPS) is 23.1. The molecular weight excluding hydrogens is 410 g/mol. The van der Waals surface area contributed by atoms with Gasteiger partial charge in [0.05, 0.1) is 5.92 Å². The predicted octanol–water partition coefficient (Wildman–Crippen LogP) is 3.85. The summed E-state index contributed by atoms with van der Waals surface area (Å²) in [5.41, 5.74) is 1.08. The maximum Gasteiger partial charge on any atom is 0.283 e. The van der Waals surface area contributed by atoms with Crippen LogP contribution in [0.3, 0.4) is 0 Å². The van der Waals surface area contributed by atoms with Crippen LogP contribution in [0, 0.1) is 5.92 Å². The van der Waals surface area contributed by atoms with Crippen molar-refractivity contribution < 1.29 is 8.42 Å². The minimum Gasteiger partial charge on any atom is -0.345 e. The summed E-state index contributed by atoms with van der Waals surface area (Å²) >= 11 is 6.10. The Balaban J connectivity index is 1.63. The van der Waals surface area contributed by atoms with Gasteiger partial charge >= 0.3 is 0 Å². The smallest absolute Gasteiger partial charge is 0.283 e. The van der Waals surface area contributed by atoms with Gasteiger partial charge in [0.2, 0.25) is 0 Å². The number of aromatic amines is 1. The molecule has 3 aromatic rings. The number of benzene rings is 1. The molecule has 1 aromatic carbocycles. The summed E-state index contributed by atoms with van der Waals surface area (Å²) in [4.78, 5) is 11.8. The Morgan fingerprint density at radius 1 is 1.24 bits per heavy atom. The second-order valence-electron chi connectivity index (χ2n) is 7.08. The molecule has 0 saturated carbocycles. The number of fused-ring (bicyclic) bond motifs is 2. The molecule has 0 fully saturated rings. The predicted molar refractivity (Wildman–Crippen MR) is 114 cm³/mol. The first-order chi connectivity index (χ1) is 13.9. The molecule has 5 rings (SSSR count). The minimum absolute atomic E-state index is 0.104. The molecule has 0 bridgehead atoms. The van der Waals surface area contributed by atoms with Crippen LogP contribution in [-0.2, 0) is 10.0 Å². The highest BCUT2D eigenvalue weighted by Crippen LogP contribution is 2.39. The number of dihydropyridines is 1. The van der Waals surface area contributed by atoms with Crippen molar-refractivity contribution in [2.45, 2.75) is 17.5 Å². The van der Waals surface area contributed by atoms with E-state index in [1.807, 2.05) is 24.3 Å². The zero-order valence-electron chi connectivity index (χ0n) is 15.3. The van der Waals surface area contributed by atoms with Gasteiger partial charge in [-0.3, -0.25) is 4.99 Å². The van der Waals surface area contributed by atoms with Gasteiger partial charge in [0.25, 0.3) is 10.0 Å². The van der Waals surface area contributed by atoms with E-state index in [1.165, 1.54) is 6.20 Å². The van der Waals surface area contributed by atoms with E-state index in [1.54, 1.807) is 43.8 Å². The van der Waals surface area contributed by atoms with Crippen LogP contribution < -0.4 is 0 Å². The number of hydrazone groups is 1. The first kappa shape index (κ1) is 18.1. The summed E-state index contributed by atoms with van der Waals surface area (Å²) in [7, 11) is -3.97. The van der Waals surface area contributed by atoms with Crippen LogP contribution in [0.2, 0.25) is 5.02 Å². The highest BCUT2D eigenvalue weighted by Gasteiger charge is 2.49. The van der Waals surface area contributed by atoms with Gasteiger partial charge in [-0.1, -0.05) is 29.8 Å². The van der Waals surface area contributed by atoms with Crippen LogP contribution in [0.15, 0.2) is 69.9 Å². The molecule has 1 N–H and O–H groups in total. The van der Waals surface area contributed by atoms with E-state index < -0.39 is 15.7 Å². The zero-order valence-corrected chi connectivity index (χ0v) is 16.9. The molecule has 2 aliphatic heterocycles. The van der Waals surface area contributed by atoms with Crippen LogP contribution in [0.5, 0.6) is 0 Å². The van der Waals surface area contributed by atoms with Crippen molar-refractivity contribution in [2.24, 2.45) is 16.0 Å². The second kappa shape index (κ2) is 6.27. The molecule has 0 amide bonds. The SMILES string of the molecule is CC12N=CC=CC1C=NN2S(=O)(=O)c1c[nH]c2ncc(-c3cccc(Cl)c3)cc12.